The molecule has 40 heavy (non-hydrogen) atoms. The smallest absolute Gasteiger partial charge is 0.166 e. The molecule has 3 heterocycles. The number of phenols is 1. The third-order valence-electron chi connectivity index (χ3n) is 9.22. The van der Waals surface area contributed by atoms with Crippen LogP contribution in [-0.4, -0.2) is 51.9 Å². The first-order valence-electron chi connectivity index (χ1n) is 14.1. The second-order valence-corrected chi connectivity index (χ2v) is 11.4. The molecule has 2 bridgehead atoms. The van der Waals surface area contributed by atoms with Crippen molar-refractivity contribution in [3.63, 3.8) is 0 Å². The van der Waals surface area contributed by atoms with Gasteiger partial charge in [-0.15, -0.1) is 0 Å². The minimum Gasteiger partial charge on any atom is -0.504 e. The van der Waals surface area contributed by atoms with Crippen molar-refractivity contribution in [2.45, 2.75) is 49.7 Å². The van der Waals surface area contributed by atoms with Gasteiger partial charge in [0.05, 0.1) is 18.7 Å². The highest BCUT2D eigenvalue weighted by Crippen LogP contribution is 2.62. The van der Waals surface area contributed by atoms with Crippen molar-refractivity contribution in [2.75, 3.05) is 13.6 Å². The van der Waals surface area contributed by atoms with Crippen molar-refractivity contribution < 1.29 is 19.7 Å². The van der Waals surface area contributed by atoms with Crippen molar-refractivity contribution in [1.29, 1.82) is 0 Å². The molecule has 6 heteroatoms. The van der Waals surface area contributed by atoms with E-state index in [-0.39, 0.29) is 17.3 Å². The van der Waals surface area contributed by atoms with Crippen LogP contribution in [0.3, 0.4) is 0 Å². The molecule has 0 saturated carbocycles. The molecule has 8 rings (SSSR count). The molecule has 1 aromatic heterocycles. The van der Waals surface area contributed by atoms with Gasteiger partial charge in [-0.05, 0) is 55.8 Å². The number of hydrogen-bond donors (Lipinski definition) is 2. The molecule has 6 nitrogen and oxygen atoms in total. The number of piperidine rings is 1. The second-order valence-electron chi connectivity index (χ2n) is 11.4. The average molecular weight is 535 g/mol. The van der Waals surface area contributed by atoms with Crippen LogP contribution < -0.4 is 4.74 Å². The molecule has 0 radical (unpaired) electrons. The normalized spacial score (nSPS) is 27.4. The molecule has 1 spiro atoms. The molecular weight excluding hydrogens is 500 g/mol. The lowest BCUT2D eigenvalue weighted by Crippen LogP contribution is -2.64. The van der Waals surface area contributed by atoms with Crippen LogP contribution in [-0.2, 0) is 29.8 Å². The minimum atomic E-state index is -0.652. The number of para-hydroxylation sites is 1. The standard InChI is InChI=1S/C25H27NO4.C9H7N/c1-26-10-9-25-18-7-8-20(27)24(25)30-23-21(25)16(12-19(18)26)11-17(22(23)28)14-29-13-15-5-3-2-4-6-15;1-2-6-9-8(4-1)5-3-7-10-9/h2-8,11,18-20,24,27-28H,9-10,12-14H2,1H3;1-7H/t18-,19+,20-,24-,25-;/m0./s1. The zero-order valence-corrected chi connectivity index (χ0v) is 22.6. The number of benzene rings is 3. The fourth-order valence-corrected chi connectivity index (χ4v) is 7.35. The number of aliphatic hydroxyl groups excluding tert-OH is 1. The highest BCUT2D eigenvalue weighted by molar-refractivity contribution is 5.77. The van der Waals surface area contributed by atoms with Crippen LogP contribution in [0.15, 0.2) is 91.1 Å². The van der Waals surface area contributed by atoms with Gasteiger partial charge in [0.15, 0.2) is 11.5 Å². The Balaban J connectivity index is 0.000000222. The van der Waals surface area contributed by atoms with Crippen LogP contribution in [0.4, 0.5) is 0 Å². The fraction of sp³-hybridized carbons (Fsp3) is 0.324. The van der Waals surface area contributed by atoms with Crippen LogP contribution in [0, 0.1) is 5.92 Å². The quantitative estimate of drug-likeness (QED) is 0.353. The maximum atomic E-state index is 11.1. The molecule has 1 fully saturated rings. The van der Waals surface area contributed by atoms with Crippen LogP contribution in [0.2, 0.25) is 0 Å². The molecular formula is C34H34N2O4. The molecule has 4 aromatic rings. The Labute approximate surface area is 234 Å². The van der Waals surface area contributed by atoms with Gasteiger partial charge in [-0.25, -0.2) is 0 Å². The number of rotatable bonds is 4. The van der Waals surface area contributed by atoms with Crippen molar-refractivity contribution in [2.24, 2.45) is 5.92 Å². The van der Waals surface area contributed by atoms with Gasteiger partial charge >= 0.3 is 0 Å². The summed E-state index contributed by atoms with van der Waals surface area (Å²) in [5.74, 6) is 1.05. The molecule has 2 aliphatic heterocycles. The van der Waals surface area contributed by atoms with Crippen molar-refractivity contribution >= 4 is 10.9 Å². The van der Waals surface area contributed by atoms with Crippen molar-refractivity contribution in [1.82, 2.24) is 9.88 Å². The molecule has 4 aliphatic rings. The zero-order chi connectivity index (χ0) is 27.3. The van der Waals surface area contributed by atoms with E-state index in [9.17, 15) is 10.2 Å². The summed E-state index contributed by atoms with van der Waals surface area (Å²) in [7, 11) is 2.19. The van der Waals surface area contributed by atoms with E-state index in [1.54, 1.807) is 0 Å². The first-order valence-corrected chi connectivity index (χ1v) is 14.1. The Kier molecular flexibility index (Phi) is 6.34. The molecule has 3 aromatic carbocycles. The van der Waals surface area contributed by atoms with Crippen LogP contribution in [0.5, 0.6) is 11.5 Å². The van der Waals surface area contributed by atoms with E-state index in [0.29, 0.717) is 30.9 Å². The van der Waals surface area contributed by atoms with E-state index in [4.69, 9.17) is 9.47 Å². The predicted molar refractivity (Wildman–Crippen MR) is 154 cm³/mol. The highest BCUT2D eigenvalue weighted by atomic mass is 16.5. The summed E-state index contributed by atoms with van der Waals surface area (Å²) in [4.78, 5) is 6.62. The van der Waals surface area contributed by atoms with Gasteiger partial charge in [-0.2, -0.15) is 0 Å². The summed E-state index contributed by atoms with van der Waals surface area (Å²) in [6, 6.07) is 24.6. The number of pyridine rings is 1. The topological polar surface area (TPSA) is 75.1 Å². The molecule has 0 unspecified atom stereocenters. The highest BCUT2D eigenvalue weighted by Gasteiger charge is 2.64. The number of likely N-dealkylation sites (N-methyl/N-ethyl adjacent to an activating group) is 1. The second kappa shape index (κ2) is 10.0. The summed E-state index contributed by atoms with van der Waals surface area (Å²) in [6.45, 7) is 1.80. The summed E-state index contributed by atoms with van der Waals surface area (Å²) in [6.07, 6.45) is 6.76. The average Bonchev–Trinajstić information content (AvgIpc) is 3.35. The van der Waals surface area contributed by atoms with E-state index >= 15 is 0 Å². The van der Waals surface area contributed by atoms with E-state index in [2.05, 4.69) is 41.2 Å². The van der Waals surface area contributed by atoms with E-state index in [1.807, 2.05) is 66.9 Å². The lowest BCUT2D eigenvalue weighted by Gasteiger charge is -2.56. The Morgan fingerprint density at radius 3 is 2.67 bits per heavy atom. The van der Waals surface area contributed by atoms with Gasteiger partial charge in [0, 0.05) is 40.1 Å². The summed E-state index contributed by atoms with van der Waals surface area (Å²) >= 11 is 0. The molecule has 2 aliphatic carbocycles. The third kappa shape index (κ3) is 4.01. The molecule has 5 atom stereocenters. The maximum absolute atomic E-state index is 11.1. The van der Waals surface area contributed by atoms with Crippen LogP contribution in [0.1, 0.15) is 28.7 Å². The maximum Gasteiger partial charge on any atom is 0.166 e. The number of aromatic hydroxyl groups is 1. The predicted octanol–water partition coefficient (Wildman–Crippen LogP) is 5.15. The van der Waals surface area contributed by atoms with Gasteiger partial charge in [-0.3, -0.25) is 4.98 Å². The lowest BCUT2D eigenvalue weighted by molar-refractivity contribution is -0.0453. The monoisotopic (exact) mass is 534 g/mol. The summed E-state index contributed by atoms with van der Waals surface area (Å²) in [5.41, 5.74) is 5.05. The molecule has 1 saturated heterocycles. The van der Waals surface area contributed by atoms with E-state index < -0.39 is 6.10 Å². The number of hydrogen-bond acceptors (Lipinski definition) is 6. The minimum absolute atomic E-state index is 0.175. The number of nitrogens with zero attached hydrogens (tertiary/aromatic N) is 2. The Hall–Kier alpha value is -3.71. The van der Waals surface area contributed by atoms with Crippen molar-refractivity contribution in [3.8, 4) is 11.5 Å². The SMILES string of the molecule is CN1CC[C@]23c4c5cc(COCc6ccccc6)c(O)c4O[C@H]2[C@@H](O)C=C[C@H]3[C@H]1C5.c1ccc2ncccc2c1. The van der Waals surface area contributed by atoms with Gasteiger partial charge in [-0.1, -0.05) is 66.7 Å². The number of aliphatic hydroxyl groups is 1. The lowest BCUT2D eigenvalue weighted by atomic mass is 9.53. The van der Waals surface area contributed by atoms with Crippen LogP contribution >= 0.6 is 0 Å². The fourth-order valence-electron chi connectivity index (χ4n) is 7.35. The van der Waals surface area contributed by atoms with Crippen molar-refractivity contribution in [3.05, 3.63) is 113 Å². The van der Waals surface area contributed by atoms with Gasteiger partial charge in [0.25, 0.3) is 0 Å². The first-order chi connectivity index (χ1) is 19.6. The molecule has 204 valence electrons. The number of fused-ring (bicyclic) bond motifs is 1. The largest absolute Gasteiger partial charge is 0.504 e. The first kappa shape index (κ1) is 25.3. The number of likely N-dealkylation sites (tertiary alicyclic amines) is 1. The number of phenolic OH excluding ortho intramolecular Hbond substituents is 1. The van der Waals surface area contributed by atoms with Crippen LogP contribution in [0.25, 0.3) is 10.9 Å². The summed E-state index contributed by atoms with van der Waals surface area (Å²) < 4.78 is 12.3. The van der Waals surface area contributed by atoms with Gasteiger partial charge < -0.3 is 24.6 Å². The Morgan fingerprint density at radius 1 is 1.02 bits per heavy atom. The summed E-state index contributed by atoms with van der Waals surface area (Å²) in [5, 5.41) is 23.1. The number of ether oxygens (including phenoxy) is 2. The third-order valence-corrected chi connectivity index (χ3v) is 9.22. The molecule has 0 amide bonds. The van der Waals surface area contributed by atoms with Gasteiger partial charge in [0.1, 0.15) is 12.2 Å². The zero-order valence-electron chi connectivity index (χ0n) is 22.6. The number of aromatic nitrogens is 1. The Bertz CT molecular complexity index is 1510. The van der Waals surface area contributed by atoms with E-state index in [1.165, 1.54) is 10.9 Å². The Morgan fingerprint density at radius 2 is 1.82 bits per heavy atom. The van der Waals surface area contributed by atoms with Gasteiger partial charge in [0.2, 0.25) is 0 Å². The molecule has 2 N–H and O–H groups in total. The van der Waals surface area contributed by atoms with E-state index in [0.717, 1.165) is 41.6 Å².